The largest absolute Gasteiger partial charge is 0.490 e. The molecule has 0 unspecified atom stereocenters. The average molecular weight is 517 g/mol. The van der Waals surface area contributed by atoms with Crippen molar-refractivity contribution >= 4 is 17.5 Å². The van der Waals surface area contributed by atoms with Gasteiger partial charge < -0.3 is 21.3 Å². The summed E-state index contributed by atoms with van der Waals surface area (Å²) in [4.78, 5) is 33.5. The minimum absolute atomic E-state index is 0.0271. The number of alkyl halides is 3. The van der Waals surface area contributed by atoms with Crippen molar-refractivity contribution in [2.45, 2.75) is 84.0 Å². The first-order chi connectivity index (χ1) is 16.6. The fraction of sp³-hybridized carbons (Fsp3) is 0.808. The van der Waals surface area contributed by atoms with Crippen molar-refractivity contribution in [3.8, 4) is 0 Å². The lowest BCUT2D eigenvalue weighted by Gasteiger charge is -2.61. The van der Waals surface area contributed by atoms with Gasteiger partial charge in [-0.05, 0) is 80.1 Å². The third-order valence-electron chi connectivity index (χ3n) is 9.53. The van der Waals surface area contributed by atoms with Crippen LogP contribution in [0.3, 0.4) is 0 Å². The van der Waals surface area contributed by atoms with Gasteiger partial charge in [0.2, 0.25) is 0 Å². The highest BCUT2D eigenvalue weighted by Crippen LogP contribution is 2.66. The van der Waals surface area contributed by atoms with Gasteiger partial charge >= 0.3 is 12.1 Å². The molecule has 4 aliphatic rings. The highest BCUT2D eigenvalue weighted by molar-refractivity contribution is 5.91. The fourth-order valence-electron chi connectivity index (χ4n) is 7.98. The molecule has 0 heterocycles. The normalized spacial score (nSPS) is 38.5. The van der Waals surface area contributed by atoms with Crippen LogP contribution in [0.25, 0.3) is 0 Å². The molecule has 0 radical (unpaired) electrons. The van der Waals surface area contributed by atoms with Crippen LogP contribution in [0.1, 0.15) is 65.7 Å². The molecule has 0 aromatic rings. The second-order valence-electron chi connectivity index (χ2n) is 11.6. The highest BCUT2D eigenvalue weighted by atomic mass is 19.4. The molecule has 0 spiro atoms. The lowest BCUT2D eigenvalue weighted by molar-refractivity contribution is -0.192. The fourth-order valence-corrected chi connectivity index (χ4v) is 7.98. The number of aliphatic carboxylic acids is 1. The molecule has 204 valence electrons. The highest BCUT2D eigenvalue weighted by Gasteiger charge is 2.62. The van der Waals surface area contributed by atoms with Crippen LogP contribution in [0.2, 0.25) is 0 Å². The Bertz CT molecular complexity index is 907. The van der Waals surface area contributed by atoms with Crippen molar-refractivity contribution in [3.05, 3.63) is 11.6 Å². The van der Waals surface area contributed by atoms with Gasteiger partial charge in [-0.1, -0.05) is 19.4 Å². The number of aliphatic hydroxyl groups is 1. The first-order valence-electron chi connectivity index (χ1n) is 12.8. The third kappa shape index (κ3) is 5.41. The molecule has 7 nitrogen and oxygen atoms in total. The first kappa shape index (κ1) is 28.8. The van der Waals surface area contributed by atoms with Crippen molar-refractivity contribution < 1.29 is 37.8 Å². The summed E-state index contributed by atoms with van der Waals surface area (Å²) in [5.41, 5.74) is 7.47. The van der Waals surface area contributed by atoms with Gasteiger partial charge in [-0.15, -0.1) is 0 Å². The molecule has 0 saturated heterocycles. The van der Waals surface area contributed by atoms with Crippen LogP contribution in [-0.4, -0.2) is 59.2 Å². The van der Waals surface area contributed by atoms with E-state index in [0.29, 0.717) is 36.5 Å². The molecular weight excluding hydrogens is 477 g/mol. The Morgan fingerprint density at radius 3 is 2.42 bits per heavy atom. The molecular formula is C26H39F3N2O5. The smallest absolute Gasteiger partial charge is 0.475 e. The Morgan fingerprint density at radius 2 is 1.86 bits per heavy atom. The van der Waals surface area contributed by atoms with E-state index in [1.54, 1.807) is 6.92 Å². The van der Waals surface area contributed by atoms with E-state index in [0.717, 1.165) is 38.5 Å². The van der Waals surface area contributed by atoms with E-state index in [1.165, 1.54) is 5.57 Å². The van der Waals surface area contributed by atoms with Crippen LogP contribution in [0.4, 0.5) is 13.2 Å². The standard InChI is InChI=1S/C24H38N2O3.C2HF3O2/c1-14(28)19-6-7-20-18-5-4-15-10-17(29)8-9-23(15,2)22(18)21(11-24(19,20)3)26-12-16(25)13-27;3-2(4,5)1(6)7/h10,16,18-22,26-27H,4-9,11-13,25H2,1-3H3;(H,6,7)/t16-,18-,19+,20-,21-,22+,23-,24+;/m0./s1. The van der Waals surface area contributed by atoms with E-state index in [-0.39, 0.29) is 41.2 Å². The summed E-state index contributed by atoms with van der Waals surface area (Å²) in [6.07, 6.45) is 3.72. The SMILES string of the molecule is CC(=O)[C@H]1CC[C@H]2[C@@H]3CCC4=CC(=O)CC[C@]4(C)[C@H]3[C@@H](NC[C@H](N)CO)C[C@]12C.O=C(O)C(F)(F)F. The number of aliphatic hydroxyl groups excluding tert-OH is 1. The number of nitrogens with one attached hydrogen (secondary N) is 1. The number of hydrogen-bond donors (Lipinski definition) is 4. The van der Waals surface area contributed by atoms with Gasteiger partial charge in [-0.3, -0.25) is 9.59 Å². The number of allylic oxidation sites excluding steroid dienone is 1. The predicted octanol–water partition coefficient (Wildman–Crippen LogP) is 3.24. The van der Waals surface area contributed by atoms with Gasteiger partial charge in [-0.25, -0.2) is 4.79 Å². The summed E-state index contributed by atoms with van der Waals surface area (Å²) in [5, 5.41) is 20.3. The summed E-state index contributed by atoms with van der Waals surface area (Å²) in [5.74, 6) is -0.357. The maximum Gasteiger partial charge on any atom is 0.490 e. The molecule has 36 heavy (non-hydrogen) atoms. The zero-order valence-electron chi connectivity index (χ0n) is 21.2. The van der Waals surface area contributed by atoms with Gasteiger partial charge in [0.05, 0.1) is 6.61 Å². The predicted molar refractivity (Wildman–Crippen MR) is 127 cm³/mol. The lowest BCUT2D eigenvalue weighted by Crippen LogP contribution is -2.61. The van der Waals surface area contributed by atoms with Crippen LogP contribution in [0, 0.1) is 34.5 Å². The lowest BCUT2D eigenvalue weighted by atomic mass is 9.45. The molecule has 5 N–H and O–H groups in total. The molecule has 3 fully saturated rings. The summed E-state index contributed by atoms with van der Waals surface area (Å²) in [7, 11) is 0. The molecule has 0 aromatic heterocycles. The maximum atomic E-state index is 12.5. The summed E-state index contributed by atoms with van der Waals surface area (Å²) >= 11 is 0. The van der Waals surface area contributed by atoms with E-state index in [9.17, 15) is 27.9 Å². The first-order valence-corrected chi connectivity index (χ1v) is 12.8. The van der Waals surface area contributed by atoms with Gasteiger partial charge in [0.25, 0.3) is 0 Å². The van der Waals surface area contributed by atoms with Crippen molar-refractivity contribution in [2.24, 2.45) is 40.2 Å². The van der Waals surface area contributed by atoms with Crippen LogP contribution in [0.5, 0.6) is 0 Å². The molecule has 8 atom stereocenters. The van der Waals surface area contributed by atoms with Crippen molar-refractivity contribution in [2.75, 3.05) is 13.2 Å². The summed E-state index contributed by atoms with van der Waals surface area (Å²) < 4.78 is 31.7. The van der Waals surface area contributed by atoms with Crippen molar-refractivity contribution in [1.29, 1.82) is 0 Å². The molecule has 4 aliphatic carbocycles. The maximum absolute atomic E-state index is 12.5. The number of carboxylic acids is 1. The number of Topliss-reactive ketones (excluding diaryl/α,β-unsaturated/α-hetero) is 1. The minimum Gasteiger partial charge on any atom is -0.475 e. The van der Waals surface area contributed by atoms with Crippen LogP contribution < -0.4 is 11.1 Å². The summed E-state index contributed by atoms with van der Waals surface area (Å²) in [6, 6.07) is -0.00814. The number of carboxylic acid groups (broad SMARTS) is 1. The Kier molecular flexibility index (Phi) is 8.42. The zero-order valence-corrected chi connectivity index (χ0v) is 21.2. The number of fused-ring (bicyclic) bond motifs is 5. The van der Waals surface area contributed by atoms with E-state index in [4.69, 9.17) is 15.6 Å². The molecule has 10 heteroatoms. The monoisotopic (exact) mass is 516 g/mol. The second-order valence-corrected chi connectivity index (χ2v) is 11.6. The Hall–Kier alpha value is -1.78. The van der Waals surface area contributed by atoms with Crippen LogP contribution >= 0.6 is 0 Å². The zero-order chi connectivity index (χ0) is 27.1. The van der Waals surface area contributed by atoms with Crippen molar-refractivity contribution in [3.63, 3.8) is 0 Å². The van der Waals surface area contributed by atoms with Gasteiger partial charge in [-0.2, -0.15) is 13.2 Å². The Labute approximate surface area is 210 Å². The molecule has 0 bridgehead atoms. The second kappa shape index (κ2) is 10.5. The van der Waals surface area contributed by atoms with E-state index in [2.05, 4.69) is 19.2 Å². The van der Waals surface area contributed by atoms with Crippen LogP contribution in [0.15, 0.2) is 11.6 Å². The number of nitrogens with two attached hydrogens (primary N) is 1. The number of carbonyl (C=O) groups excluding carboxylic acids is 2. The molecule has 0 aliphatic heterocycles. The van der Waals surface area contributed by atoms with E-state index < -0.39 is 12.1 Å². The summed E-state index contributed by atoms with van der Waals surface area (Å²) in [6.45, 7) is 7.06. The number of ketones is 2. The molecule has 0 aromatic carbocycles. The average Bonchev–Trinajstić information content (AvgIpc) is 3.14. The number of halogens is 3. The van der Waals surface area contributed by atoms with Crippen molar-refractivity contribution in [1.82, 2.24) is 5.32 Å². The minimum atomic E-state index is -5.08. The quantitative estimate of drug-likeness (QED) is 0.441. The van der Waals surface area contributed by atoms with E-state index >= 15 is 0 Å². The van der Waals surface area contributed by atoms with E-state index in [1.807, 2.05) is 6.08 Å². The topological polar surface area (TPSA) is 130 Å². The number of hydrogen-bond acceptors (Lipinski definition) is 6. The molecule has 0 amide bonds. The van der Waals surface area contributed by atoms with Gasteiger partial charge in [0.15, 0.2) is 5.78 Å². The van der Waals surface area contributed by atoms with Gasteiger partial charge in [0.1, 0.15) is 5.78 Å². The molecule has 4 rings (SSSR count). The number of carbonyl (C=O) groups is 3. The Balaban J connectivity index is 0.000000454. The number of rotatable bonds is 5. The third-order valence-corrected chi connectivity index (χ3v) is 9.53. The Morgan fingerprint density at radius 1 is 1.22 bits per heavy atom. The van der Waals surface area contributed by atoms with Crippen LogP contribution in [-0.2, 0) is 14.4 Å². The molecule has 3 saturated carbocycles. The van der Waals surface area contributed by atoms with Gasteiger partial charge in [0, 0.05) is 31.0 Å².